The van der Waals surface area contributed by atoms with Gasteiger partial charge in [-0.05, 0) is 18.8 Å². The van der Waals surface area contributed by atoms with Gasteiger partial charge in [0.05, 0.1) is 0 Å². The van der Waals surface area contributed by atoms with Crippen LogP contribution >= 0.6 is 0 Å². The number of carbonyl (C=O) groups is 4. The van der Waals surface area contributed by atoms with Crippen LogP contribution in [0.4, 0.5) is 0 Å². The lowest BCUT2D eigenvalue weighted by Gasteiger charge is -2.04. The van der Waals surface area contributed by atoms with Gasteiger partial charge in [0.15, 0.2) is 0 Å². The topological polar surface area (TPSA) is 158 Å². The van der Waals surface area contributed by atoms with Crippen LogP contribution in [-0.4, -0.2) is 30.2 Å². The van der Waals surface area contributed by atoms with E-state index in [9.17, 15) is 19.2 Å². The Hall–Kier alpha value is -2.64. The molecule has 4 amide bonds. The third-order valence-corrected chi connectivity index (χ3v) is 2.49. The van der Waals surface area contributed by atoms with Crippen LogP contribution in [0.5, 0.6) is 0 Å². The third-order valence-electron chi connectivity index (χ3n) is 2.49. The maximum absolute atomic E-state index is 10.8. The molecule has 0 aromatic heterocycles. The lowest BCUT2D eigenvalue weighted by molar-refractivity contribution is -0.117. The van der Waals surface area contributed by atoms with Crippen LogP contribution in [0.1, 0.15) is 40.0 Å². The fourth-order valence-electron chi connectivity index (χ4n) is 1.45. The molecule has 0 fully saturated rings. The fourth-order valence-corrected chi connectivity index (χ4v) is 1.45. The van der Waals surface area contributed by atoms with Gasteiger partial charge in [-0.15, -0.1) is 0 Å². The maximum Gasteiger partial charge on any atom is 0.244 e. The van der Waals surface area contributed by atoms with Crippen LogP contribution in [-0.2, 0) is 19.2 Å². The maximum atomic E-state index is 10.8. The van der Waals surface area contributed by atoms with Crippen molar-refractivity contribution >= 4 is 23.6 Å². The van der Waals surface area contributed by atoms with Gasteiger partial charge >= 0.3 is 0 Å². The number of nitrogens with one attached hydrogen (secondary N) is 1. The smallest absolute Gasteiger partial charge is 0.244 e. The van der Waals surface area contributed by atoms with Gasteiger partial charge in [0.2, 0.25) is 23.6 Å². The molecular formula is C16H28N4O4. The zero-order valence-corrected chi connectivity index (χ0v) is 14.5. The summed E-state index contributed by atoms with van der Waals surface area (Å²) in [5, 5.41) is 2.61. The van der Waals surface area contributed by atoms with E-state index in [1.165, 1.54) is 0 Å². The predicted molar refractivity (Wildman–Crippen MR) is 92.2 cm³/mol. The van der Waals surface area contributed by atoms with Gasteiger partial charge in [0, 0.05) is 30.3 Å². The van der Waals surface area contributed by atoms with Crippen molar-refractivity contribution in [2.45, 2.75) is 40.0 Å². The van der Waals surface area contributed by atoms with Crippen molar-refractivity contribution < 1.29 is 19.2 Å². The average molecular weight is 340 g/mol. The Balaban J connectivity index is 0. The van der Waals surface area contributed by atoms with E-state index < -0.39 is 17.7 Å². The van der Waals surface area contributed by atoms with Crippen molar-refractivity contribution in [3.8, 4) is 0 Å². The Labute approximate surface area is 142 Å². The summed E-state index contributed by atoms with van der Waals surface area (Å²) in [6.45, 7) is 6.53. The molecule has 24 heavy (non-hydrogen) atoms. The van der Waals surface area contributed by atoms with E-state index in [-0.39, 0.29) is 17.4 Å². The van der Waals surface area contributed by atoms with E-state index in [0.29, 0.717) is 13.0 Å². The molecule has 0 aromatic rings. The molecule has 0 heterocycles. The highest BCUT2D eigenvalue weighted by Crippen LogP contribution is 2.09. The summed E-state index contributed by atoms with van der Waals surface area (Å²) >= 11 is 0. The summed E-state index contributed by atoms with van der Waals surface area (Å²) in [6, 6.07) is 0. The standard InChI is InChI=1S/2C8H14N2O2/c1-5(2)3-6(8(10)12)4-7(9)11;1-2-3-6-10-8(12)5-4-7(9)11/h4-5H,3H2,1-2H3,(H2,9,11)(H2,10,12);4-5H,2-3,6H2,1H3,(H2,9,11)(H,10,12)/b6-4-;5-4-. The minimum absolute atomic E-state index is 0.276. The van der Waals surface area contributed by atoms with Gasteiger partial charge < -0.3 is 22.5 Å². The van der Waals surface area contributed by atoms with E-state index in [2.05, 4.69) is 5.32 Å². The van der Waals surface area contributed by atoms with Gasteiger partial charge in [-0.2, -0.15) is 0 Å². The largest absolute Gasteiger partial charge is 0.366 e. The molecule has 8 heteroatoms. The highest BCUT2D eigenvalue weighted by molar-refractivity contribution is 5.99. The molecule has 0 aliphatic rings. The first-order chi connectivity index (χ1) is 11.1. The number of hydrogen-bond donors (Lipinski definition) is 4. The summed E-state index contributed by atoms with van der Waals surface area (Å²) in [7, 11) is 0. The summed E-state index contributed by atoms with van der Waals surface area (Å²) in [5.74, 6) is -1.82. The molecule has 0 atom stereocenters. The fraction of sp³-hybridized carbons (Fsp3) is 0.500. The highest BCUT2D eigenvalue weighted by atomic mass is 16.2. The lowest BCUT2D eigenvalue weighted by atomic mass is 10.0. The summed E-state index contributed by atoms with van der Waals surface area (Å²) < 4.78 is 0. The highest BCUT2D eigenvalue weighted by Gasteiger charge is 2.08. The second-order valence-corrected chi connectivity index (χ2v) is 5.41. The number of primary amides is 3. The monoisotopic (exact) mass is 340 g/mol. The van der Waals surface area contributed by atoms with Crippen LogP contribution in [0.25, 0.3) is 0 Å². The molecule has 0 saturated carbocycles. The van der Waals surface area contributed by atoms with Crippen molar-refractivity contribution in [2.24, 2.45) is 23.1 Å². The van der Waals surface area contributed by atoms with Crippen molar-refractivity contribution in [1.29, 1.82) is 0 Å². The number of carbonyl (C=O) groups excluding carboxylic acids is 4. The van der Waals surface area contributed by atoms with Gasteiger partial charge in [-0.1, -0.05) is 27.2 Å². The number of rotatable bonds is 9. The molecule has 136 valence electrons. The Morgan fingerprint density at radius 2 is 1.58 bits per heavy atom. The van der Waals surface area contributed by atoms with Crippen molar-refractivity contribution in [1.82, 2.24) is 5.32 Å². The zero-order valence-electron chi connectivity index (χ0n) is 14.5. The van der Waals surface area contributed by atoms with Crippen molar-refractivity contribution in [3.05, 3.63) is 23.8 Å². The quantitative estimate of drug-likeness (QED) is 0.340. The van der Waals surface area contributed by atoms with Crippen LogP contribution in [0, 0.1) is 5.92 Å². The molecule has 0 bridgehead atoms. The summed E-state index contributed by atoms with van der Waals surface area (Å²) in [5.41, 5.74) is 15.0. The molecule has 0 rings (SSSR count). The molecule has 0 aromatic carbocycles. The first-order valence-corrected chi connectivity index (χ1v) is 7.65. The molecule has 0 aliphatic heterocycles. The normalized spacial score (nSPS) is 10.9. The number of nitrogens with two attached hydrogens (primary N) is 3. The number of amides is 4. The molecule has 0 aliphatic carbocycles. The molecule has 0 radical (unpaired) electrons. The Bertz CT molecular complexity index is 496. The lowest BCUT2D eigenvalue weighted by Crippen LogP contribution is -2.22. The Morgan fingerprint density at radius 1 is 1.00 bits per heavy atom. The van der Waals surface area contributed by atoms with Crippen molar-refractivity contribution in [3.63, 3.8) is 0 Å². The van der Waals surface area contributed by atoms with Crippen LogP contribution in [0.15, 0.2) is 23.8 Å². The van der Waals surface area contributed by atoms with E-state index in [1.54, 1.807) is 0 Å². The zero-order chi connectivity index (χ0) is 19.1. The van der Waals surface area contributed by atoms with Gasteiger partial charge in [0.25, 0.3) is 0 Å². The van der Waals surface area contributed by atoms with Gasteiger partial charge in [0.1, 0.15) is 0 Å². The van der Waals surface area contributed by atoms with Crippen LogP contribution < -0.4 is 22.5 Å². The first kappa shape index (κ1) is 23.6. The molecular weight excluding hydrogens is 312 g/mol. The van der Waals surface area contributed by atoms with E-state index >= 15 is 0 Å². The predicted octanol–water partition coefficient (Wildman–Crippen LogP) is -0.126. The minimum Gasteiger partial charge on any atom is -0.366 e. The van der Waals surface area contributed by atoms with Gasteiger partial charge in [-0.25, -0.2) is 0 Å². The molecule has 0 spiro atoms. The second kappa shape index (κ2) is 14.0. The summed E-state index contributed by atoms with van der Waals surface area (Å²) in [6.07, 6.45) is 5.72. The van der Waals surface area contributed by atoms with Crippen molar-refractivity contribution in [2.75, 3.05) is 6.54 Å². The average Bonchev–Trinajstić information content (AvgIpc) is 2.44. The van der Waals surface area contributed by atoms with E-state index in [0.717, 1.165) is 31.1 Å². The second-order valence-electron chi connectivity index (χ2n) is 5.41. The van der Waals surface area contributed by atoms with Crippen LogP contribution in [0.2, 0.25) is 0 Å². The number of hydrogen-bond acceptors (Lipinski definition) is 4. The third kappa shape index (κ3) is 17.4. The SMILES string of the molecule is CC(C)C/C(=C/C(N)=O)C(N)=O.CCCCNC(=O)/C=C\C(N)=O. The first-order valence-electron chi connectivity index (χ1n) is 7.65. The van der Waals surface area contributed by atoms with E-state index in [1.807, 2.05) is 20.8 Å². The summed E-state index contributed by atoms with van der Waals surface area (Å²) in [4.78, 5) is 42.2. The Kier molecular flexibility index (Phi) is 13.8. The Morgan fingerprint density at radius 3 is 1.96 bits per heavy atom. The molecule has 7 N–H and O–H groups in total. The molecule has 0 saturated heterocycles. The minimum atomic E-state index is -0.635. The van der Waals surface area contributed by atoms with Crippen LogP contribution in [0.3, 0.4) is 0 Å². The molecule has 0 unspecified atom stereocenters. The number of unbranched alkanes of at least 4 members (excludes halogenated alkanes) is 1. The van der Waals surface area contributed by atoms with E-state index in [4.69, 9.17) is 17.2 Å². The molecule has 8 nitrogen and oxygen atoms in total. The van der Waals surface area contributed by atoms with Gasteiger partial charge in [-0.3, -0.25) is 19.2 Å².